The van der Waals surface area contributed by atoms with E-state index >= 15 is 0 Å². The highest BCUT2D eigenvalue weighted by Crippen LogP contribution is 2.12. The van der Waals surface area contributed by atoms with Gasteiger partial charge in [-0.3, -0.25) is 4.79 Å². The molecule has 0 rings (SSSR count). The average molecular weight is 375 g/mol. The van der Waals surface area contributed by atoms with Crippen molar-refractivity contribution in [2.24, 2.45) is 5.92 Å². The molecule has 0 bridgehead atoms. The van der Waals surface area contributed by atoms with Gasteiger partial charge in [0.2, 0.25) is 0 Å². The standard InChI is InChI=1S/C13H26O4S4/c1-10(8-20-5-2-4-18)13(16)17-3-6-21-9-12(15)11(14)7-19/h10-12,14-15,18-19H,2-9H2,1H3. The predicted molar refractivity (Wildman–Crippen MR) is 99.1 cm³/mol. The molecule has 0 radical (unpaired) electrons. The number of carbonyl (C=O) groups is 1. The lowest BCUT2D eigenvalue weighted by Gasteiger charge is -2.15. The highest BCUT2D eigenvalue weighted by molar-refractivity contribution is 7.99. The van der Waals surface area contributed by atoms with Crippen LogP contribution in [-0.2, 0) is 9.53 Å². The van der Waals surface area contributed by atoms with Crippen molar-refractivity contribution in [3.8, 4) is 0 Å². The Balaban J connectivity index is 3.56. The molecule has 0 spiro atoms. The Labute approximate surface area is 147 Å². The molecule has 0 aliphatic carbocycles. The van der Waals surface area contributed by atoms with Gasteiger partial charge in [-0.15, -0.1) is 0 Å². The van der Waals surface area contributed by atoms with Crippen molar-refractivity contribution in [2.75, 3.05) is 41.1 Å². The molecule has 0 amide bonds. The number of aliphatic hydroxyl groups excluding tert-OH is 2. The van der Waals surface area contributed by atoms with Gasteiger partial charge in [0.1, 0.15) is 6.61 Å². The van der Waals surface area contributed by atoms with Gasteiger partial charge in [0.05, 0.1) is 18.1 Å². The van der Waals surface area contributed by atoms with Crippen LogP contribution in [0, 0.1) is 5.92 Å². The summed E-state index contributed by atoms with van der Waals surface area (Å²) in [6.07, 6.45) is -0.546. The maximum absolute atomic E-state index is 11.7. The Hall–Kier alpha value is 0.790. The van der Waals surface area contributed by atoms with Gasteiger partial charge in [0.15, 0.2) is 0 Å². The summed E-state index contributed by atoms with van der Waals surface area (Å²) in [7, 11) is 0. The molecule has 0 fully saturated rings. The van der Waals surface area contributed by atoms with E-state index < -0.39 is 12.2 Å². The molecule has 0 aromatic rings. The molecule has 0 aliphatic heterocycles. The van der Waals surface area contributed by atoms with Crippen molar-refractivity contribution in [1.29, 1.82) is 0 Å². The van der Waals surface area contributed by atoms with E-state index in [2.05, 4.69) is 25.3 Å². The zero-order chi connectivity index (χ0) is 16.1. The Morgan fingerprint density at radius 2 is 1.81 bits per heavy atom. The molecule has 126 valence electrons. The smallest absolute Gasteiger partial charge is 0.309 e. The van der Waals surface area contributed by atoms with Gasteiger partial charge >= 0.3 is 5.97 Å². The predicted octanol–water partition coefficient (Wildman–Crippen LogP) is 1.60. The minimum absolute atomic E-state index is 0.100. The van der Waals surface area contributed by atoms with Crippen LogP contribution in [-0.4, -0.2) is 69.5 Å². The first-order chi connectivity index (χ1) is 10.0. The fourth-order valence-corrected chi connectivity index (χ4v) is 3.73. The molecule has 3 atom stereocenters. The van der Waals surface area contributed by atoms with E-state index in [1.54, 1.807) is 11.8 Å². The number of thioether (sulfide) groups is 2. The fourth-order valence-electron chi connectivity index (χ4n) is 1.28. The minimum atomic E-state index is -0.808. The van der Waals surface area contributed by atoms with Crippen molar-refractivity contribution >= 4 is 54.8 Å². The SMILES string of the molecule is CC(CSCCCS)C(=O)OCCSCC(O)C(O)CS. The zero-order valence-corrected chi connectivity index (χ0v) is 15.7. The van der Waals surface area contributed by atoms with E-state index in [9.17, 15) is 15.0 Å². The van der Waals surface area contributed by atoms with Crippen molar-refractivity contribution in [1.82, 2.24) is 0 Å². The van der Waals surface area contributed by atoms with Gasteiger partial charge in [-0.2, -0.15) is 48.8 Å². The maximum atomic E-state index is 11.7. The van der Waals surface area contributed by atoms with Crippen molar-refractivity contribution < 1.29 is 19.7 Å². The number of ether oxygens (including phenoxy) is 1. The quantitative estimate of drug-likeness (QED) is 0.223. The average Bonchev–Trinajstić information content (AvgIpc) is 2.49. The van der Waals surface area contributed by atoms with Crippen LogP contribution in [0.2, 0.25) is 0 Å². The summed E-state index contributed by atoms with van der Waals surface area (Å²) in [5.74, 6) is 3.64. The van der Waals surface area contributed by atoms with Crippen molar-refractivity contribution in [3.63, 3.8) is 0 Å². The van der Waals surface area contributed by atoms with E-state index in [1.807, 2.05) is 6.92 Å². The lowest BCUT2D eigenvalue weighted by molar-refractivity contribution is -0.146. The van der Waals surface area contributed by atoms with Gasteiger partial charge in [-0.25, -0.2) is 0 Å². The van der Waals surface area contributed by atoms with E-state index in [1.165, 1.54) is 11.8 Å². The number of aliphatic hydroxyl groups is 2. The lowest BCUT2D eigenvalue weighted by atomic mass is 10.2. The number of rotatable bonds is 13. The molecule has 0 aromatic heterocycles. The molecular weight excluding hydrogens is 348 g/mol. The van der Waals surface area contributed by atoms with Gasteiger partial charge in [0.25, 0.3) is 0 Å². The Kier molecular flexibility index (Phi) is 14.9. The van der Waals surface area contributed by atoms with Crippen LogP contribution in [0.15, 0.2) is 0 Å². The summed E-state index contributed by atoms with van der Waals surface area (Å²) in [6.45, 7) is 2.20. The highest BCUT2D eigenvalue weighted by atomic mass is 32.2. The molecule has 8 heteroatoms. The molecule has 0 heterocycles. The number of thiol groups is 2. The number of hydrogen-bond donors (Lipinski definition) is 4. The van der Waals surface area contributed by atoms with Crippen molar-refractivity contribution in [2.45, 2.75) is 25.6 Å². The Bertz CT molecular complexity index is 269. The molecule has 4 nitrogen and oxygen atoms in total. The Morgan fingerprint density at radius 1 is 1.14 bits per heavy atom. The number of carbonyl (C=O) groups excluding carboxylic acids is 1. The Morgan fingerprint density at radius 3 is 2.43 bits per heavy atom. The third kappa shape index (κ3) is 11.9. The molecule has 0 saturated heterocycles. The highest BCUT2D eigenvalue weighted by Gasteiger charge is 2.16. The van der Waals surface area contributed by atoms with Crippen molar-refractivity contribution in [3.05, 3.63) is 0 Å². The molecule has 2 N–H and O–H groups in total. The first-order valence-electron chi connectivity index (χ1n) is 6.92. The monoisotopic (exact) mass is 374 g/mol. The second-order valence-electron chi connectivity index (χ2n) is 4.61. The minimum Gasteiger partial charge on any atom is -0.465 e. The molecule has 3 unspecified atom stereocenters. The van der Waals surface area contributed by atoms with Gasteiger partial charge in [0, 0.05) is 23.0 Å². The van der Waals surface area contributed by atoms with E-state index in [-0.39, 0.29) is 17.6 Å². The molecular formula is C13H26O4S4. The largest absolute Gasteiger partial charge is 0.465 e. The summed E-state index contributed by atoms with van der Waals surface area (Å²) >= 11 is 11.2. The third-order valence-corrected chi connectivity index (χ3v) is 5.64. The first-order valence-corrected chi connectivity index (χ1v) is 10.5. The van der Waals surface area contributed by atoms with Crippen LogP contribution >= 0.6 is 48.8 Å². The van der Waals surface area contributed by atoms with E-state index in [0.29, 0.717) is 18.1 Å². The van der Waals surface area contributed by atoms with Gasteiger partial charge in [-0.05, 0) is 17.9 Å². The number of hydrogen-bond acceptors (Lipinski definition) is 8. The zero-order valence-electron chi connectivity index (χ0n) is 12.3. The van der Waals surface area contributed by atoms with Crippen LogP contribution < -0.4 is 0 Å². The first kappa shape index (κ1) is 21.8. The fraction of sp³-hybridized carbons (Fsp3) is 0.923. The molecule has 0 aliphatic rings. The van der Waals surface area contributed by atoms with Gasteiger partial charge < -0.3 is 14.9 Å². The second-order valence-corrected chi connectivity index (χ2v) is 7.72. The lowest BCUT2D eigenvalue weighted by Crippen LogP contribution is -2.29. The van der Waals surface area contributed by atoms with Crippen LogP contribution in [0.3, 0.4) is 0 Å². The topological polar surface area (TPSA) is 66.8 Å². The summed E-state index contributed by atoms with van der Waals surface area (Å²) in [4.78, 5) is 11.7. The van der Waals surface area contributed by atoms with Crippen LogP contribution in [0.25, 0.3) is 0 Å². The second kappa shape index (κ2) is 14.4. The normalized spacial score (nSPS) is 15.5. The van der Waals surface area contributed by atoms with Gasteiger partial charge in [-0.1, -0.05) is 6.92 Å². The summed E-state index contributed by atoms with van der Waals surface area (Å²) in [5.41, 5.74) is 0. The van der Waals surface area contributed by atoms with Crippen LogP contribution in [0.4, 0.5) is 0 Å². The van der Waals surface area contributed by atoms with E-state index in [4.69, 9.17) is 4.74 Å². The molecule has 0 aromatic carbocycles. The molecule has 21 heavy (non-hydrogen) atoms. The van der Waals surface area contributed by atoms with Crippen LogP contribution in [0.5, 0.6) is 0 Å². The third-order valence-electron chi connectivity index (χ3n) is 2.61. The summed E-state index contributed by atoms with van der Waals surface area (Å²) < 4.78 is 5.18. The number of esters is 1. The summed E-state index contributed by atoms with van der Waals surface area (Å²) in [6, 6.07) is 0. The molecule has 0 saturated carbocycles. The maximum Gasteiger partial charge on any atom is 0.309 e. The van der Waals surface area contributed by atoms with Crippen LogP contribution in [0.1, 0.15) is 13.3 Å². The van der Waals surface area contributed by atoms with E-state index in [0.717, 1.165) is 23.7 Å². The summed E-state index contributed by atoms with van der Waals surface area (Å²) in [5, 5.41) is 18.9.